The van der Waals surface area contributed by atoms with Crippen LogP contribution in [0.15, 0.2) is 65.7 Å². The van der Waals surface area contributed by atoms with Gasteiger partial charge in [-0.15, -0.1) is 0 Å². The van der Waals surface area contributed by atoms with Crippen molar-refractivity contribution in [3.63, 3.8) is 0 Å². The number of nitrogens with zero attached hydrogens (tertiary/aromatic N) is 1. The highest BCUT2D eigenvalue weighted by atomic mass is 16.5. The first kappa shape index (κ1) is 14.5. The summed E-state index contributed by atoms with van der Waals surface area (Å²) in [4.78, 5) is 17.2. The molecule has 0 radical (unpaired) electrons. The Morgan fingerprint density at radius 2 is 1.59 bits per heavy atom. The normalized spacial score (nSPS) is 23.9. The first-order chi connectivity index (χ1) is 10.7. The monoisotopic (exact) mass is 293 g/mol. The third-order valence-electron chi connectivity index (χ3n) is 4.27. The van der Waals surface area contributed by atoms with E-state index in [1.807, 2.05) is 60.7 Å². The molecule has 0 aromatic heterocycles. The van der Waals surface area contributed by atoms with Gasteiger partial charge in [-0.1, -0.05) is 67.6 Å². The van der Waals surface area contributed by atoms with Crippen LogP contribution in [0.5, 0.6) is 0 Å². The fraction of sp³-hybridized carbons (Fsp3) is 0.263. The Hall–Kier alpha value is -2.42. The number of esters is 1. The number of carbonyl (C=O) groups is 1. The van der Waals surface area contributed by atoms with Gasteiger partial charge >= 0.3 is 5.97 Å². The molecule has 2 aromatic carbocycles. The van der Waals surface area contributed by atoms with Crippen molar-refractivity contribution in [3.05, 3.63) is 71.8 Å². The number of rotatable bonds is 3. The van der Waals surface area contributed by atoms with E-state index in [2.05, 4.69) is 6.92 Å². The van der Waals surface area contributed by atoms with Gasteiger partial charge in [0.15, 0.2) is 0 Å². The van der Waals surface area contributed by atoms with Gasteiger partial charge in [0, 0.05) is 11.6 Å². The summed E-state index contributed by atoms with van der Waals surface area (Å²) in [6.07, 6.45) is 0. The zero-order valence-electron chi connectivity index (χ0n) is 12.8. The maximum absolute atomic E-state index is 12.3. The number of benzene rings is 2. The first-order valence-electron chi connectivity index (χ1n) is 7.48. The molecular weight excluding hydrogens is 274 g/mol. The van der Waals surface area contributed by atoms with Gasteiger partial charge in [0.05, 0.1) is 19.1 Å². The van der Waals surface area contributed by atoms with Crippen molar-refractivity contribution in [2.75, 3.05) is 7.11 Å². The van der Waals surface area contributed by atoms with Crippen molar-refractivity contribution in [1.82, 2.24) is 0 Å². The van der Waals surface area contributed by atoms with E-state index in [0.717, 1.165) is 16.8 Å². The van der Waals surface area contributed by atoms with Crippen LogP contribution in [0.25, 0.3) is 0 Å². The molecule has 22 heavy (non-hydrogen) atoms. The lowest BCUT2D eigenvalue weighted by atomic mass is 9.83. The molecule has 3 atom stereocenters. The van der Waals surface area contributed by atoms with Gasteiger partial charge in [0.1, 0.15) is 0 Å². The highest BCUT2D eigenvalue weighted by molar-refractivity contribution is 6.05. The number of carbonyl (C=O) groups excluding carboxylic acids is 1. The Morgan fingerprint density at radius 1 is 1.00 bits per heavy atom. The largest absolute Gasteiger partial charge is 0.469 e. The lowest BCUT2D eigenvalue weighted by Gasteiger charge is -2.20. The predicted octanol–water partition coefficient (Wildman–Crippen LogP) is 3.66. The second-order valence-corrected chi connectivity index (χ2v) is 5.57. The van der Waals surface area contributed by atoms with E-state index < -0.39 is 0 Å². The molecule has 0 bridgehead atoms. The van der Waals surface area contributed by atoms with Crippen molar-refractivity contribution in [2.24, 2.45) is 16.8 Å². The molecule has 1 aliphatic heterocycles. The van der Waals surface area contributed by atoms with E-state index in [1.165, 1.54) is 7.11 Å². The highest BCUT2D eigenvalue weighted by Crippen LogP contribution is 2.40. The van der Waals surface area contributed by atoms with Gasteiger partial charge in [-0.25, -0.2) is 0 Å². The van der Waals surface area contributed by atoms with Crippen LogP contribution in [-0.4, -0.2) is 18.8 Å². The van der Waals surface area contributed by atoms with Crippen LogP contribution in [0.2, 0.25) is 0 Å². The van der Waals surface area contributed by atoms with Gasteiger partial charge in [-0.2, -0.15) is 0 Å². The molecule has 0 aliphatic carbocycles. The number of ether oxygens (including phenoxy) is 1. The van der Waals surface area contributed by atoms with Gasteiger partial charge < -0.3 is 4.74 Å². The molecule has 0 saturated carbocycles. The van der Waals surface area contributed by atoms with Crippen molar-refractivity contribution >= 4 is 11.7 Å². The minimum absolute atomic E-state index is 0.0278. The molecule has 0 N–H and O–H groups in total. The van der Waals surface area contributed by atoms with E-state index in [9.17, 15) is 4.79 Å². The number of aliphatic imine (C=N–C) groups is 1. The molecule has 3 nitrogen and oxygen atoms in total. The summed E-state index contributed by atoms with van der Waals surface area (Å²) in [6, 6.07) is 19.8. The lowest BCUT2D eigenvalue weighted by molar-refractivity contribution is -0.146. The third kappa shape index (κ3) is 2.54. The average molecular weight is 293 g/mol. The molecular formula is C19H19NO2. The summed E-state index contributed by atoms with van der Waals surface area (Å²) < 4.78 is 5.03. The van der Waals surface area contributed by atoms with E-state index in [0.29, 0.717) is 0 Å². The zero-order valence-corrected chi connectivity index (χ0v) is 12.8. The molecule has 3 rings (SSSR count). The Kier molecular flexibility index (Phi) is 4.05. The van der Waals surface area contributed by atoms with Gasteiger partial charge in [-0.3, -0.25) is 9.79 Å². The zero-order chi connectivity index (χ0) is 15.5. The minimum Gasteiger partial charge on any atom is -0.469 e. The smallest absolute Gasteiger partial charge is 0.311 e. The van der Waals surface area contributed by atoms with Crippen LogP contribution in [-0.2, 0) is 9.53 Å². The van der Waals surface area contributed by atoms with Crippen LogP contribution in [0.4, 0.5) is 0 Å². The lowest BCUT2D eigenvalue weighted by Crippen LogP contribution is -2.27. The SMILES string of the molecule is COC(=O)[C@@H]1C(c2ccccc2)N=C(c2ccccc2)[C@H]1C. The van der Waals surface area contributed by atoms with Gasteiger partial charge in [0.25, 0.3) is 0 Å². The summed E-state index contributed by atoms with van der Waals surface area (Å²) in [5.41, 5.74) is 3.10. The summed E-state index contributed by atoms with van der Waals surface area (Å²) in [5.74, 6) is -0.446. The maximum Gasteiger partial charge on any atom is 0.311 e. The average Bonchev–Trinajstić information content (AvgIpc) is 2.93. The minimum atomic E-state index is -0.275. The molecule has 0 saturated heterocycles. The number of hydrogen-bond donors (Lipinski definition) is 0. The highest BCUT2D eigenvalue weighted by Gasteiger charge is 2.42. The molecule has 1 unspecified atom stereocenters. The molecule has 2 aromatic rings. The molecule has 112 valence electrons. The van der Waals surface area contributed by atoms with Crippen molar-refractivity contribution < 1.29 is 9.53 Å². The Balaban J connectivity index is 2.04. The van der Waals surface area contributed by atoms with Crippen molar-refractivity contribution in [2.45, 2.75) is 13.0 Å². The van der Waals surface area contributed by atoms with Crippen LogP contribution < -0.4 is 0 Å². The fourth-order valence-corrected chi connectivity index (χ4v) is 3.14. The molecule has 0 amide bonds. The predicted molar refractivity (Wildman–Crippen MR) is 86.8 cm³/mol. The summed E-state index contributed by atoms with van der Waals surface area (Å²) in [6.45, 7) is 2.05. The van der Waals surface area contributed by atoms with Crippen molar-refractivity contribution in [3.8, 4) is 0 Å². The summed E-state index contributed by atoms with van der Waals surface area (Å²) >= 11 is 0. The van der Waals surface area contributed by atoms with Gasteiger partial charge in [-0.05, 0) is 11.1 Å². The molecule has 1 aliphatic rings. The van der Waals surface area contributed by atoms with E-state index in [1.54, 1.807) is 0 Å². The second kappa shape index (κ2) is 6.14. The Bertz CT molecular complexity index is 679. The molecule has 0 fully saturated rings. The molecule has 0 spiro atoms. The van der Waals surface area contributed by atoms with Gasteiger partial charge in [0.2, 0.25) is 0 Å². The standard InChI is InChI=1S/C19H19NO2/c1-13-16(19(21)22-2)18(15-11-7-4-8-12-15)20-17(13)14-9-5-3-6-10-14/h3-13,16,18H,1-2H3/t13-,16-,18?/m0/s1. The molecule has 1 heterocycles. The van der Waals surface area contributed by atoms with E-state index in [-0.39, 0.29) is 23.8 Å². The Morgan fingerprint density at radius 3 is 2.18 bits per heavy atom. The maximum atomic E-state index is 12.3. The molecule has 3 heteroatoms. The topological polar surface area (TPSA) is 38.7 Å². The van der Waals surface area contributed by atoms with Crippen LogP contribution in [0.3, 0.4) is 0 Å². The van der Waals surface area contributed by atoms with E-state index >= 15 is 0 Å². The van der Waals surface area contributed by atoms with Crippen molar-refractivity contribution in [1.29, 1.82) is 0 Å². The first-order valence-corrected chi connectivity index (χ1v) is 7.48. The summed E-state index contributed by atoms with van der Waals surface area (Å²) in [7, 11) is 1.44. The number of hydrogen-bond acceptors (Lipinski definition) is 3. The van der Waals surface area contributed by atoms with Crippen LogP contribution in [0.1, 0.15) is 24.1 Å². The number of methoxy groups -OCH3 is 1. The third-order valence-corrected chi connectivity index (χ3v) is 4.27. The fourth-order valence-electron chi connectivity index (χ4n) is 3.14. The summed E-state index contributed by atoms with van der Waals surface area (Å²) in [5, 5.41) is 0. The van der Waals surface area contributed by atoms with Crippen LogP contribution in [0, 0.1) is 11.8 Å². The van der Waals surface area contributed by atoms with Crippen LogP contribution >= 0.6 is 0 Å². The second-order valence-electron chi connectivity index (χ2n) is 5.57. The Labute approximate surface area is 130 Å². The quantitative estimate of drug-likeness (QED) is 0.810. The van der Waals surface area contributed by atoms with E-state index in [4.69, 9.17) is 9.73 Å².